The standard InChI is InChI=1S/C13H29NO2S/c1-13(2,3)11-9-7-6-8-10-12-14(4)17(5,15)16/h6-12H2,1-5H3. The third kappa shape index (κ3) is 10.8. The first-order valence-electron chi connectivity index (χ1n) is 6.54. The zero-order chi connectivity index (χ0) is 13.5. The molecular weight excluding hydrogens is 234 g/mol. The van der Waals surface area contributed by atoms with Crippen molar-refractivity contribution in [1.82, 2.24) is 4.31 Å². The Kier molecular flexibility index (Phi) is 7.33. The van der Waals surface area contributed by atoms with Crippen LogP contribution in [0.5, 0.6) is 0 Å². The Hall–Kier alpha value is -0.0900. The first-order chi connectivity index (χ1) is 7.63. The second kappa shape index (κ2) is 7.37. The van der Waals surface area contributed by atoms with E-state index in [1.165, 1.54) is 36.2 Å². The first-order valence-corrected chi connectivity index (χ1v) is 8.39. The maximum atomic E-state index is 11.1. The average molecular weight is 263 g/mol. The lowest BCUT2D eigenvalue weighted by atomic mass is 9.89. The van der Waals surface area contributed by atoms with E-state index in [-0.39, 0.29) is 0 Å². The summed E-state index contributed by atoms with van der Waals surface area (Å²) in [5.74, 6) is 0. The summed E-state index contributed by atoms with van der Waals surface area (Å²) in [6.07, 6.45) is 8.40. The third-order valence-electron chi connectivity index (χ3n) is 2.97. The van der Waals surface area contributed by atoms with Crippen molar-refractivity contribution in [3.8, 4) is 0 Å². The predicted molar refractivity (Wildman–Crippen MR) is 74.6 cm³/mol. The number of nitrogens with zero attached hydrogens (tertiary/aromatic N) is 1. The molecule has 4 heteroatoms. The molecule has 17 heavy (non-hydrogen) atoms. The maximum Gasteiger partial charge on any atom is 0.210 e. The summed E-state index contributed by atoms with van der Waals surface area (Å²) in [5, 5.41) is 0. The lowest BCUT2D eigenvalue weighted by Gasteiger charge is -2.17. The molecule has 0 bridgehead atoms. The quantitative estimate of drug-likeness (QED) is 0.630. The second-order valence-corrected chi connectivity index (χ2v) is 8.25. The van der Waals surface area contributed by atoms with Gasteiger partial charge in [-0.05, 0) is 18.3 Å². The van der Waals surface area contributed by atoms with Crippen molar-refractivity contribution in [2.75, 3.05) is 19.8 Å². The molecule has 0 aliphatic carbocycles. The Morgan fingerprint density at radius 3 is 1.88 bits per heavy atom. The topological polar surface area (TPSA) is 37.4 Å². The highest BCUT2D eigenvalue weighted by atomic mass is 32.2. The number of sulfonamides is 1. The molecule has 0 amide bonds. The van der Waals surface area contributed by atoms with Crippen molar-refractivity contribution in [3.63, 3.8) is 0 Å². The van der Waals surface area contributed by atoms with Crippen molar-refractivity contribution < 1.29 is 8.42 Å². The van der Waals surface area contributed by atoms with E-state index in [0.29, 0.717) is 12.0 Å². The number of unbranched alkanes of at least 4 members (excludes halogenated alkanes) is 4. The van der Waals surface area contributed by atoms with Gasteiger partial charge in [-0.3, -0.25) is 0 Å². The van der Waals surface area contributed by atoms with Crippen LogP contribution in [-0.4, -0.2) is 32.6 Å². The van der Waals surface area contributed by atoms with Crippen LogP contribution in [0.1, 0.15) is 59.3 Å². The van der Waals surface area contributed by atoms with Crippen LogP contribution in [0.4, 0.5) is 0 Å². The lowest BCUT2D eigenvalue weighted by Crippen LogP contribution is -2.26. The molecule has 0 aromatic carbocycles. The summed E-state index contributed by atoms with van der Waals surface area (Å²) in [6.45, 7) is 7.47. The van der Waals surface area contributed by atoms with Gasteiger partial charge in [-0.25, -0.2) is 12.7 Å². The van der Waals surface area contributed by atoms with Crippen LogP contribution in [0, 0.1) is 5.41 Å². The van der Waals surface area contributed by atoms with Crippen molar-refractivity contribution in [2.45, 2.75) is 59.3 Å². The highest BCUT2D eigenvalue weighted by Crippen LogP contribution is 2.22. The van der Waals surface area contributed by atoms with E-state index < -0.39 is 10.0 Å². The normalized spacial score (nSPS) is 13.3. The third-order valence-corrected chi connectivity index (χ3v) is 4.28. The van der Waals surface area contributed by atoms with Gasteiger partial charge in [0.2, 0.25) is 10.0 Å². The summed E-state index contributed by atoms with van der Waals surface area (Å²) in [4.78, 5) is 0. The SMILES string of the molecule is CN(CCCCCCCC(C)(C)C)S(C)(=O)=O. The van der Waals surface area contributed by atoms with Gasteiger partial charge in [-0.1, -0.05) is 46.5 Å². The fourth-order valence-electron chi connectivity index (χ4n) is 1.69. The largest absolute Gasteiger partial charge is 0.213 e. The van der Waals surface area contributed by atoms with Crippen LogP contribution < -0.4 is 0 Å². The molecule has 0 N–H and O–H groups in total. The molecule has 0 atom stereocenters. The van der Waals surface area contributed by atoms with Gasteiger partial charge in [0.05, 0.1) is 6.26 Å². The highest BCUT2D eigenvalue weighted by Gasteiger charge is 2.10. The van der Waals surface area contributed by atoms with Crippen LogP contribution in [-0.2, 0) is 10.0 Å². The van der Waals surface area contributed by atoms with Gasteiger partial charge < -0.3 is 0 Å². The van der Waals surface area contributed by atoms with Crippen LogP contribution in [0.25, 0.3) is 0 Å². The Balaban J connectivity index is 3.42. The Bertz CT molecular complexity index is 291. The minimum Gasteiger partial charge on any atom is -0.213 e. The smallest absolute Gasteiger partial charge is 0.210 e. The van der Waals surface area contributed by atoms with Crippen LogP contribution in [0.2, 0.25) is 0 Å². The molecule has 0 heterocycles. The van der Waals surface area contributed by atoms with Gasteiger partial charge in [0.15, 0.2) is 0 Å². The summed E-state index contributed by atoms with van der Waals surface area (Å²) < 4.78 is 23.7. The molecule has 0 fully saturated rings. The van der Waals surface area contributed by atoms with E-state index in [0.717, 1.165) is 12.8 Å². The monoisotopic (exact) mass is 263 g/mol. The zero-order valence-electron chi connectivity index (χ0n) is 12.1. The van der Waals surface area contributed by atoms with Crippen molar-refractivity contribution >= 4 is 10.0 Å². The summed E-state index contributed by atoms with van der Waals surface area (Å²) in [6, 6.07) is 0. The van der Waals surface area contributed by atoms with Gasteiger partial charge in [-0.15, -0.1) is 0 Å². The highest BCUT2D eigenvalue weighted by molar-refractivity contribution is 7.88. The number of hydrogen-bond donors (Lipinski definition) is 0. The molecule has 0 aromatic heterocycles. The van der Waals surface area contributed by atoms with Gasteiger partial charge in [0, 0.05) is 13.6 Å². The molecule has 0 aromatic rings. The average Bonchev–Trinajstić information content (AvgIpc) is 2.12. The van der Waals surface area contributed by atoms with Crippen molar-refractivity contribution in [1.29, 1.82) is 0 Å². The summed E-state index contributed by atoms with van der Waals surface area (Å²) in [5.41, 5.74) is 0.441. The number of hydrogen-bond acceptors (Lipinski definition) is 2. The van der Waals surface area contributed by atoms with Crippen LogP contribution >= 0.6 is 0 Å². The minimum absolute atomic E-state index is 0.441. The second-order valence-electron chi connectivity index (χ2n) is 6.16. The molecule has 0 saturated heterocycles. The molecule has 0 saturated carbocycles. The van der Waals surface area contributed by atoms with E-state index in [9.17, 15) is 8.42 Å². The first kappa shape index (κ1) is 16.9. The van der Waals surface area contributed by atoms with Gasteiger partial charge in [-0.2, -0.15) is 0 Å². The maximum absolute atomic E-state index is 11.1. The fourth-order valence-corrected chi connectivity index (χ4v) is 2.15. The fraction of sp³-hybridized carbons (Fsp3) is 1.00. The molecule has 104 valence electrons. The Morgan fingerprint density at radius 1 is 0.941 bits per heavy atom. The van der Waals surface area contributed by atoms with Crippen LogP contribution in [0.15, 0.2) is 0 Å². The molecular formula is C13H29NO2S. The van der Waals surface area contributed by atoms with E-state index in [4.69, 9.17) is 0 Å². The van der Waals surface area contributed by atoms with Crippen molar-refractivity contribution in [2.24, 2.45) is 5.41 Å². The molecule has 3 nitrogen and oxygen atoms in total. The van der Waals surface area contributed by atoms with Crippen LogP contribution in [0.3, 0.4) is 0 Å². The van der Waals surface area contributed by atoms with Gasteiger partial charge in [0.1, 0.15) is 0 Å². The molecule has 0 aliphatic heterocycles. The molecule has 0 spiro atoms. The van der Waals surface area contributed by atoms with Gasteiger partial charge in [0.25, 0.3) is 0 Å². The number of rotatable bonds is 8. The lowest BCUT2D eigenvalue weighted by molar-refractivity contribution is 0.355. The summed E-state index contributed by atoms with van der Waals surface area (Å²) in [7, 11) is -1.34. The minimum atomic E-state index is -2.99. The molecule has 0 radical (unpaired) electrons. The predicted octanol–water partition coefficient (Wildman–Crippen LogP) is 3.26. The zero-order valence-corrected chi connectivity index (χ0v) is 12.9. The van der Waals surface area contributed by atoms with Gasteiger partial charge >= 0.3 is 0 Å². The molecule has 0 rings (SSSR count). The Labute approximate surface area is 108 Å². The molecule has 0 aliphatic rings. The van der Waals surface area contributed by atoms with E-state index >= 15 is 0 Å². The van der Waals surface area contributed by atoms with E-state index in [2.05, 4.69) is 20.8 Å². The van der Waals surface area contributed by atoms with E-state index in [1.54, 1.807) is 7.05 Å². The Morgan fingerprint density at radius 2 is 1.41 bits per heavy atom. The summed E-state index contributed by atoms with van der Waals surface area (Å²) >= 11 is 0. The van der Waals surface area contributed by atoms with Crippen molar-refractivity contribution in [3.05, 3.63) is 0 Å². The molecule has 0 unspecified atom stereocenters. The van der Waals surface area contributed by atoms with E-state index in [1.807, 2.05) is 0 Å².